The third-order valence-electron chi connectivity index (χ3n) is 9.51. The summed E-state index contributed by atoms with van der Waals surface area (Å²) in [7, 11) is 3.05. The third-order valence-corrected chi connectivity index (χ3v) is 9.51. The molecule has 0 unspecified atom stereocenters. The number of ether oxygens (including phenoxy) is 1. The molecule has 2 atom stereocenters. The van der Waals surface area contributed by atoms with Crippen LogP contribution in [0, 0.1) is 23.7 Å². The second-order valence-corrected chi connectivity index (χ2v) is 12.5. The summed E-state index contributed by atoms with van der Waals surface area (Å²) in [6.07, 6.45) is 1.33. The summed E-state index contributed by atoms with van der Waals surface area (Å²) in [6, 6.07) is 8.01. The summed E-state index contributed by atoms with van der Waals surface area (Å²) < 4.78 is 46.5. The van der Waals surface area contributed by atoms with Gasteiger partial charge in [0.25, 0.3) is 11.8 Å². The zero-order valence-corrected chi connectivity index (χ0v) is 25.6. The maximum absolute atomic E-state index is 13.7. The minimum absolute atomic E-state index is 0.0483. The van der Waals surface area contributed by atoms with E-state index in [9.17, 15) is 22.8 Å². The monoisotopic (exact) mass is 622 g/mol. The molecule has 0 spiro atoms. The highest BCUT2D eigenvalue weighted by atomic mass is 19.4. The first kappa shape index (κ1) is 30.8. The first-order valence-corrected chi connectivity index (χ1v) is 15.2. The Hall–Kier alpha value is -4.24. The Kier molecular flexibility index (Phi) is 8.16. The smallest absolute Gasteiger partial charge is 0.406 e. The number of halogens is 3. The van der Waals surface area contributed by atoms with Crippen LogP contribution in [0.4, 0.5) is 18.9 Å². The molecule has 2 bridgehead atoms. The fourth-order valence-corrected chi connectivity index (χ4v) is 7.00. The third kappa shape index (κ3) is 6.18. The van der Waals surface area contributed by atoms with E-state index in [0.717, 1.165) is 36.3 Å². The van der Waals surface area contributed by atoms with Gasteiger partial charge in [-0.25, -0.2) is 4.98 Å². The number of rotatable bonds is 8. The number of hydrogen-bond donors (Lipinski definition) is 3. The van der Waals surface area contributed by atoms with Gasteiger partial charge in [-0.2, -0.15) is 13.2 Å². The number of hydrogen-bond acceptors (Lipinski definition) is 6. The van der Waals surface area contributed by atoms with Gasteiger partial charge in [-0.05, 0) is 67.9 Å². The Morgan fingerprint density at radius 1 is 1.16 bits per heavy atom. The average molecular weight is 623 g/mol. The number of anilines is 1. The molecule has 45 heavy (non-hydrogen) atoms. The van der Waals surface area contributed by atoms with Crippen molar-refractivity contribution in [2.75, 3.05) is 39.1 Å². The quantitative estimate of drug-likeness (QED) is 0.322. The van der Waals surface area contributed by atoms with Gasteiger partial charge in [-0.1, -0.05) is 18.8 Å². The van der Waals surface area contributed by atoms with Gasteiger partial charge in [0.2, 0.25) is 0 Å². The summed E-state index contributed by atoms with van der Waals surface area (Å²) in [6.45, 7) is 2.90. The lowest BCUT2D eigenvalue weighted by atomic mass is 9.48. The normalized spacial score (nSPS) is 24.1. The molecule has 7 rings (SSSR count). The maximum Gasteiger partial charge on any atom is 0.406 e. The Bertz CT molecular complexity index is 1670. The van der Waals surface area contributed by atoms with Crippen LogP contribution in [0.1, 0.15) is 58.9 Å². The summed E-state index contributed by atoms with van der Waals surface area (Å²) in [5.41, 5.74) is 2.34. The highest BCUT2D eigenvalue weighted by Crippen LogP contribution is 2.61. The molecule has 2 aromatic carbocycles. The number of fused-ring (bicyclic) bond motifs is 1. The van der Waals surface area contributed by atoms with Crippen LogP contribution in [-0.2, 0) is 6.54 Å². The van der Waals surface area contributed by atoms with Gasteiger partial charge in [-0.15, -0.1) is 0 Å². The number of benzene rings is 2. The van der Waals surface area contributed by atoms with Gasteiger partial charge < -0.3 is 25.3 Å². The number of nitrogens with zero attached hydrogens (tertiary/aromatic N) is 3. The van der Waals surface area contributed by atoms with Crippen molar-refractivity contribution in [3.05, 3.63) is 53.3 Å². The maximum atomic E-state index is 13.7. The lowest BCUT2D eigenvalue weighted by Crippen LogP contribution is -2.70. The van der Waals surface area contributed by atoms with Crippen LogP contribution in [0.5, 0.6) is 5.75 Å². The molecule has 3 N–H and O–H groups in total. The lowest BCUT2D eigenvalue weighted by Gasteiger charge is -2.68. The van der Waals surface area contributed by atoms with Crippen molar-refractivity contribution in [1.29, 1.82) is 0 Å². The van der Waals surface area contributed by atoms with Crippen molar-refractivity contribution in [2.45, 2.75) is 56.9 Å². The molecule has 2 heterocycles. The van der Waals surface area contributed by atoms with Crippen LogP contribution >= 0.6 is 0 Å². The number of methoxy groups -OCH3 is 1. The second kappa shape index (κ2) is 11.9. The zero-order valence-electron chi connectivity index (χ0n) is 25.6. The highest BCUT2D eigenvalue weighted by Gasteiger charge is 2.60. The number of aromatic nitrogens is 2. The van der Waals surface area contributed by atoms with Gasteiger partial charge in [0.05, 0.1) is 36.7 Å². The zero-order chi connectivity index (χ0) is 31.9. The number of likely N-dealkylation sites (tertiary alicyclic amines) is 1. The average Bonchev–Trinajstić information content (AvgIpc) is 3.35. The van der Waals surface area contributed by atoms with E-state index < -0.39 is 12.7 Å². The number of imidazole rings is 1. The molecule has 4 aliphatic rings. The molecule has 2 amide bonds. The van der Waals surface area contributed by atoms with Gasteiger partial charge in [0.1, 0.15) is 17.8 Å². The fraction of sp³-hybridized carbons (Fsp3) is 0.485. The number of carbonyl (C=O) groups is 2. The van der Waals surface area contributed by atoms with Crippen molar-refractivity contribution in [3.8, 4) is 17.6 Å². The Balaban J connectivity index is 1.22. The Morgan fingerprint density at radius 2 is 1.93 bits per heavy atom. The van der Waals surface area contributed by atoms with E-state index in [1.165, 1.54) is 39.5 Å². The van der Waals surface area contributed by atoms with Crippen molar-refractivity contribution in [1.82, 2.24) is 25.1 Å². The molecule has 3 aliphatic carbocycles. The van der Waals surface area contributed by atoms with Gasteiger partial charge in [0.15, 0.2) is 0 Å². The molecule has 4 fully saturated rings. The molecule has 0 radical (unpaired) electrons. The fourth-order valence-electron chi connectivity index (χ4n) is 7.00. The number of alkyl halides is 3. The van der Waals surface area contributed by atoms with Crippen molar-refractivity contribution < 1.29 is 27.5 Å². The number of carbonyl (C=O) groups excluding carboxylic acids is 2. The summed E-state index contributed by atoms with van der Waals surface area (Å²) in [4.78, 5) is 32.5. The predicted molar refractivity (Wildman–Crippen MR) is 164 cm³/mol. The molecule has 1 saturated heterocycles. The van der Waals surface area contributed by atoms with E-state index >= 15 is 0 Å². The topological polar surface area (TPSA) is 101 Å². The van der Waals surface area contributed by atoms with E-state index in [0.29, 0.717) is 28.1 Å². The number of nitrogens with one attached hydrogen (secondary N) is 3. The van der Waals surface area contributed by atoms with E-state index in [-0.39, 0.29) is 46.9 Å². The van der Waals surface area contributed by atoms with Crippen LogP contribution < -0.4 is 20.7 Å². The Labute approximate surface area is 259 Å². The van der Waals surface area contributed by atoms with Crippen LogP contribution in [0.3, 0.4) is 0 Å². The molecule has 3 aromatic rings. The molecule has 12 heteroatoms. The van der Waals surface area contributed by atoms with Crippen molar-refractivity contribution in [3.63, 3.8) is 0 Å². The molecule has 1 aliphatic heterocycles. The minimum atomic E-state index is -4.46. The molecule has 3 saturated carbocycles. The first-order chi connectivity index (χ1) is 21.5. The highest BCUT2D eigenvalue weighted by molar-refractivity contribution is 6.05. The largest absolute Gasteiger partial charge is 0.495 e. The Morgan fingerprint density at radius 3 is 2.58 bits per heavy atom. The van der Waals surface area contributed by atoms with Gasteiger partial charge in [0, 0.05) is 42.8 Å². The lowest BCUT2D eigenvalue weighted by molar-refractivity contribution is -0.156. The van der Waals surface area contributed by atoms with E-state index in [4.69, 9.17) is 4.74 Å². The first-order valence-electron chi connectivity index (χ1n) is 15.2. The number of amides is 2. The van der Waals surface area contributed by atoms with E-state index in [1.54, 1.807) is 24.3 Å². The van der Waals surface area contributed by atoms with Crippen molar-refractivity contribution >= 4 is 28.5 Å². The SMILES string of the molecule is CNC(=O)c1ccc(OC)c(NCC#Cc2cc(C(=O)N[C@@H]3CCN(C45CC(C4)C5)C[C@@H]3C)c3ncn(CC(F)(F)F)c3c2)c1. The van der Waals surface area contributed by atoms with Crippen LogP contribution in [0.15, 0.2) is 36.7 Å². The summed E-state index contributed by atoms with van der Waals surface area (Å²) in [5.74, 6) is 6.98. The van der Waals surface area contributed by atoms with Gasteiger partial charge >= 0.3 is 6.18 Å². The standard InChI is InChI=1S/C33H37F3N6O3/c1-20-17-42(32-14-22(15-32)16-32)10-8-25(20)40-31(44)24-11-21(12-27-29(24)39-19-41(27)18-33(34,35)36)5-4-9-38-26-13-23(30(43)37-2)6-7-28(26)45-3/h6-7,11-13,19-20,22,25,38H,8-10,14-18H2,1-3H3,(H,37,43)(H,40,44)/t20-,22?,25+,32?/m0/s1. The molecule has 238 valence electrons. The van der Waals surface area contributed by atoms with Crippen LogP contribution in [0.2, 0.25) is 0 Å². The predicted octanol–water partition coefficient (Wildman–Crippen LogP) is 4.42. The molecular formula is C33H37F3N6O3. The minimum Gasteiger partial charge on any atom is -0.495 e. The summed E-state index contributed by atoms with van der Waals surface area (Å²) >= 11 is 0. The van der Waals surface area contributed by atoms with E-state index in [2.05, 4.69) is 44.6 Å². The van der Waals surface area contributed by atoms with E-state index in [1.807, 2.05) is 0 Å². The molecule has 1 aromatic heterocycles. The number of piperidine rings is 1. The van der Waals surface area contributed by atoms with Crippen LogP contribution in [-0.4, -0.2) is 77.8 Å². The van der Waals surface area contributed by atoms with Crippen LogP contribution in [0.25, 0.3) is 11.0 Å². The molecule has 9 nitrogen and oxygen atoms in total. The molecular weight excluding hydrogens is 585 g/mol. The summed E-state index contributed by atoms with van der Waals surface area (Å²) in [5, 5.41) is 8.86. The van der Waals surface area contributed by atoms with Gasteiger partial charge in [-0.3, -0.25) is 14.5 Å². The second-order valence-electron chi connectivity index (χ2n) is 12.5. The van der Waals surface area contributed by atoms with Crippen molar-refractivity contribution in [2.24, 2.45) is 11.8 Å².